The van der Waals surface area contributed by atoms with Gasteiger partial charge in [0.2, 0.25) is 15.9 Å². The highest BCUT2D eigenvalue weighted by molar-refractivity contribution is 7.89. The summed E-state index contributed by atoms with van der Waals surface area (Å²) in [4.78, 5) is 25.0. The average Bonchev–Trinajstić information content (AvgIpc) is 2.77. The average molecular weight is 486 g/mol. The van der Waals surface area contributed by atoms with Crippen molar-refractivity contribution in [3.8, 4) is 5.75 Å². The van der Waals surface area contributed by atoms with Crippen LogP contribution in [0.4, 0.5) is 11.4 Å². The third-order valence-corrected chi connectivity index (χ3v) is 8.44. The number of nitrogens with zero attached hydrogens (tertiary/aromatic N) is 1. The topological polar surface area (TPSA) is 105 Å². The van der Waals surface area contributed by atoms with Crippen LogP contribution in [0.25, 0.3) is 0 Å². The summed E-state index contributed by atoms with van der Waals surface area (Å²) in [5, 5.41) is 5.77. The van der Waals surface area contributed by atoms with Gasteiger partial charge in [-0.1, -0.05) is 13.0 Å². The molecule has 0 saturated carbocycles. The molecule has 2 aliphatic heterocycles. The lowest BCUT2D eigenvalue weighted by atomic mass is 9.97. The van der Waals surface area contributed by atoms with Crippen LogP contribution in [0.15, 0.2) is 35.2 Å². The Labute approximate surface area is 200 Å². The molecule has 2 heterocycles. The first-order valence-electron chi connectivity index (χ1n) is 11.6. The van der Waals surface area contributed by atoms with Crippen molar-refractivity contribution in [3.63, 3.8) is 0 Å². The maximum absolute atomic E-state index is 13.4. The molecule has 2 aromatic carbocycles. The third-order valence-electron chi connectivity index (χ3n) is 6.40. The Bertz CT molecular complexity index is 1210. The number of piperidine rings is 1. The van der Waals surface area contributed by atoms with Crippen LogP contribution < -0.4 is 15.4 Å². The van der Waals surface area contributed by atoms with Gasteiger partial charge in [-0.3, -0.25) is 9.59 Å². The second kappa shape index (κ2) is 9.38. The number of anilines is 2. The first kappa shape index (κ1) is 24.2. The molecule has 1 atom stereocenters. The smallest absolute Gasteiger partial charge is 0.265 e. The molecule has 9 heteroatoms. The highest BCUT2D eigenvalue weighted by atomic mass is 32.2. The second-order valence-corrected chi connectivity index (χ2v) is 11.1. The molecule has 0 aliphatic carbocycles. The Balaban J connectivity index is 1.46. The fourth-order valence-corrected chi connectivity index (χ4v) is 6.31. The molecule has 1 saturated heterocycles. The van der Waals surface area contributed by atoms with Gasteiger partial charge in [-0.25, -0.2) is 8.42 Å². The van der Waals surface area contributed by atoms with Gasteiger partial charge in [0.1, 0.15) is 5.75 Å². The first-order chi connectivity index (χ1) is 16.1. The van der Waals surface area contributed by atoms with Crippen molar-refractivity contribution in [2.75, 3.05) is 23.7 Å². The van der Waals surface area contributed by atoms with Gasteiger partial charge < -0.3 is 15.4 Å². The molecule has 0 aromatic heterocycles. The molecule has 34 heavy (non-hydrogen) atoms. The first-order valence-corrected chi connectivity index (χ1v) is 13.0. The minimum Gasteiger partial charge on any atom is -0.478 e. The van der Waals surface area contributed by atoms with E-state index in [1.54, 1.807) is 13.0 Å². The van der Waals surface area contributed by atoms with E-state index in [0.29, 0.717) is 36.3 Å². The van der Waals surface area contributed by atoms with Gasteiger partial charge in [-0.05, 0) is 74.9 Å². The maximum Gasteiger partial charge on any atom is 0.265 e. The minimum absolute atomic E-state index is 0.0817. The number of hydrogen-bond donors (Lipinski definition) is 2. The maximum atomic E-state index is 13.4. The quantitative estimate of drug-likeness (QED) is 0.671. The number of carbonyl (C=O) groups is 2. The monoisotopic (exact) mass is 485 g/mol. The van der Waals surface area contributed by atoms with E-state index >= 15 is 0 Å². The fraction of sp³-hybridized carbons (Fsp3) is 0.440. The second-order valence-electron chi connectivity index (χ2n) is 9.16. The molecule has 0 unspecified atom stereocenters. The van der Waals surface area contributed by atoms with Gasteiger partial charge in [0, 0.05) is 30.8 Å². The minimum atomic E-state index is -3.77. The number of aryl methyl sites for hydroxylation is 3. The van der Waals surface area contributed by atoms with Gasteiger partial charge in [0.05, 0.1) is 10.6 Å². The molecular weight excluding hydrogens is 454 g/mol. The van der Waals surface area contributed by atoms with Crippen LogP contribution in [0.5, 0.6) is 5.75 Å². The Morgan fingerprint density at radius 3 is 2.35 bits per heavy atom. The molecule has 2 aliphatic rings. The number of benzene rings is 2. The van der Waals surface area contributed by atoms with E-state index < -0.39 is 16.1 Å². The van der Waals surface area contributed by atoms with Crippen LogP contribution in [0.1, 0.15) is 42.9 Å². The largest absolute Gasteiger partial charge is 0.478 e. The van der Waals surface area contributed by atoms with Gasteiger partial charge in [0.15, 0.2) is 6.10 Å². The van der Waals surface area contributed by atoms with Crippen molar-refractivity contribution in [3.05, 3.63) is 47.0 Å². The van der Waals surface area contributed by atoms with Crippen molar-refractivity contribution < 1.29 is 22.7 Å². The number of amides is 2. The van der Waals surface area contributed by atoms with Gasteiger partial charge in [-0.2, -0.15) is 4.31 Å². The van der Waals surface area contributed by atoms with E-state index in [4.69, 9.17) is 4.74 Å². The Kier molecular flexibility index (Phi) is 6.69. The van der Waals surface area contributed by atoms with Crippen molar-refractivity contribution >= 4 is 33.2 Å². The molecule has 2 aromatic rings. The molecule has 0 spiro atoms. The van der Waals surface area contributed by atoms with E-state index in [1.807, 2.05) is 39.0 Å². The van der Waals surface area contributed by atoms with E-state index in [1.165, 1.54) is 10.4 Å². The summed E-state index contributed by atoms with van der Waals surface area (Å²) in [6.45, 7) is 8.03. The summed E-state index contributed by atoms with van der Waals surface area (Å²) in [5.74, 6) is -0.202. The van der Waals surface area contributed by atoms with Crippen LogP contribution in [0.2, 0.25) is 0 Å². The van der Waals surface area contributed by atoms with Crippen molar-refractivity contribution in [1.82, 2.24) is 4.31 Å². The molecule has 182 valence electrons. The number of carbonyl (C=O) groups excluding carboxylic acids is 2. The SMILES string of the molecule is CC[C@@H]1Oc2cc(S(=O)(=O)N3CCC(C(=O)Nc4cc(C)cc(C)c4)CC3)c(C)cc2NC1=O. The van der Waals surface area contributed by atoms with Crippen molar-refractivity contribution in [2.24, 2.45) is 5.92 Å². The van der Waals surface area contributed by atoms with Gasteiger partial charge in [-0.15, -0.1) is 0 Å². The van der Waals surface area contributed by atoms with Crippen molar-refractivity contribution in [2.45, 2.75) is 58.0 Å². The Hall–Kier alpha value is -2.91. The highest BCUT2D eigenvalue weighted by Gasteiger charge is 2.35. The summed E-state index contributed by atoms with van der Waals surface area (Å²) in [7, 11) is -3.77. The summed E-state index contributed by atoms with van der Waals surface area (Å²) >= 11 is 0. The molecule has 4 rings (SSSR count). The molecule has 1 fully saturated rings. The summed E-state index contributed by atoms with van der Waals surface area (Å²) < 4.78 is 34.0. The van der Waals surface area contributed by atoms with E-state index in [9.17, 15) is 18.0 Å². The number of fused-ring (bicyclic) bond motifs is 1. The fourth-order valence-electron chi connectivity index (χ4n) is 4.62. The molecule has 2 amide bonds. The molecule has 8 nitrogen and oxygen atoms in total. The lowest BCUT2D eigenvalue weighted by Gasteiger charge is -2.32. The zero-order valence-corrected chi connectivity index (χ0v) is 20.8. The number of hydrogen-bond acceptors (Lipinski definition) is 5. The summed E-state index contributed by atoms with van der Waals surface area (Å²) in [6, 6.07) is 9.04. The standard InChI is InChI=1S/C25H31N3O5S/c1-5-21-25(30)27-20-13-17(4)23(14-22(20)33-21)34(31,32)28-8-6-18(7-9-28)24(29)26-19-11-15(2)10-16(3)12-19/h10-14,18,21H,5-9H2,1-4H3,(H,26,29)(H,27,30)/t21-/m0/s1. The van der Waals surface area contributed by atoms with Crippen molar-refractivity contribution in [1.29, 1.82) is 0 Å². The highest BCUT2D eigenvalue weighted by Crippen LogP contribution is 2.36. The molecule has 0 radical (unpaired) electrons. The lowest BCUT2D eigenvalue weighted by molar-refractivity contribution is -0.123. The molecule has 0 bridgehead atoms. The van der Waals surface area contributed by atoms with Crippen LogP contribution in [0.3, 0.4) is 0 Å². The zero-order valence-electron chi connectivity index (χ0n) is 20.0. The number of ether oxygens (including phenoxy) is 1. The number of nitrogens with one attached hydrogen (secondary N) is 2. The van der Waals surface area contributed by atoms with E-state index in [-0.39, 0.29) is 35.7 Å². The zero-order chi connectivity index (χ0) is 24.6. The normalized spacial score (nSPS) is 19.2. The van der Waals surface area contributed by atoms with Gasteiger partial charge in [0.25, 0.3) is 5.91 Å². The predicted molar refractivity (Wildman–Crippen MR) is 131 cm³/mol. The molecule has 2 N–H and O–H groups in total. The van der Waals surface area contributed by atoms with Crippen LogP contribution in [-0.4, -0.2) is 43.7 Å². The van der Waals surface area contributed by atoms with E-state index in [0.717, 1.165) is 16.8 Å². The number of sulfonamides is 1. The number of rotatable bonds is 5. The van der Waals surface area contributed by atoms with Gasteiger partial charge >= 0.3 is 0 Å². The summed E-state index contributed by atoms with van der Waals surface area (Å²) in [6.07, 6.45) is 0.741. The third kappa shape index (κ3) is 4.81. The predicted octanol–water partition coefficient (Wildman–Crippen LogP) is 3.76. The van der Waals surface area contributed by atoms with Crippen LogP contribution in [-0.2, 0) is 19.6 Å². The van der Waals surface area contributed by atoms with Crippen LogP contribution in [0, 0.1) is 26.7 Å². The Morgan fingerprint density at radius 1 is 1.09 bits per heavy atom. The lowest BCUT2D eigenvalue weighted by Crippen LogP contribution is -2.41. The molecular formula is C25H31N3O5S. The Morgan fingerprint density at radius 2 is 1.74 bits per heavy atom. The van der Waals surface area contributed by atoms with E-state index in [2.05, 4.69) is 10.6 Å². The van der Waals surface area contributed by atoms with Crippen LogP contribution >= 0.6 is 0 Å². The summed E-state index contributed by atoms with van der Waals surface area (Å²) in [5.41, 5.74) is 3.93.